The molecule has 1 N–H and O–H groups in total. The van der Waals surface area contributed by atoms with Gasteiger partial charge in [0, 0.05) is 6.04 Å². The van der Waals surface area contributed by atoms with E-state index in [1.165, 1.54) is 12.1 Å². The van der Waals surface area contributed by atoms with E-state index in [0.717, 1.165) is 52.5 Å². The van der Waals surface area contributed by atoms with Gasteiger partial charge in [-0.3, -0.25) is 4.57 Å². The molecular formula is C34H30F3N6O2+. The number of aromatic nitrogens is 4. The van der Waals surface area contributed by atoms with Gasteiger partial charge in [0.15, 0.2) is 5.69 Å². The third-order valence-corrected chi connectivity index (χ3v) is 8.18. The van der Waals surface area contributed by atoms with Crippen molar-refractivity contribution in [2.24, 2.45) is 0 Å². The molecule has 45 heavy (non-hydrogen) atoms. The molecule has 11 heteroatoms. The fraction of sp³-hybridized carbons (Fsp3) is 0.235. The van der Waals surface area contributed by atoms with Crippen LogP contribution in [0.1, 0.15) is 48.1 Å². The molecule has 0 spiro atoms. The SMILES string of the molecule is Cc1c(-c2n(-c3ccc(C#N)cc3)cc[n+]2Cc2ccccc2)n(C(=O)NC2CCCC2)c(=O)n1-c1cccc(C(F)(F)F)c1. The average molecular weight is 612 g/mol. The number of rotatable bonds is 6. The van der Waals surface area contributed by atoms with E-state index in [2.05, 4.69) is 11.4 Å². The Morgan fingerprint density at radius 1 is 1.00 bits per heavy atom. The predicted molar refractivity (Wildman–Crippen MR) is 161 cm³/mol. The van der Waals surface area contributed by atoms with Gasteiger partial charge in [-0.15, -0.1) is 0 Å². The molecule has 2 aromatic heterocycles. The number of imidazole rings is 2. The van der Waals surface area contributed by atoms with Crippen molar-refractivity contribution in [1.82, 2.24) is 19.0 Å². The molecule has 1 fully saturated rings. The van der Waals surface area contributed by atoms with Crippen molar-refractivity contribution in [2.75, 3.05) is 0 Å². The van der Waals surface area contributed by atoms with Gasteiger partial charge < -0.3 is 5.32 Å². The van der Waals surface area contributed by atoms with Crippen LogP contribution in [0.25, 0.3) is 22.9 Å². The maximum absolute atomic E-state index is 14.2. The van der Waals surface area contributed by atoms with Gasteiger partial charge in [-0.2, -0.15) is 23.0 Å². The summed E-state index contributed by atoms with van der Waals surface area (Å²) < 4.78 is 47.0. The van der Waals surface area contributed by atoms with Crippen LogP contribution in [0.2, 0.25) is 0 Å². The zero-order chi connectivity index (χ0) is 31.7. The lowest BCUT2D eigenvalue weighted by atomic mass is 10.2. The van der Waals surface area contributed by atoms with E-state index < -0.39 is 23.5 Å². The first-order valence-corrected chi connectivity index (χ1v) is 14.6. The molecule has 5 aromatic rings. The molecule has 0 radical (unpaired) electrons. The Bertz CT molecular complexity index is 1960. The van der Waals surface area contributed by atoms with Crippen molar-refractivity contribution < 1.29 is 22.5 Å². The summed E-state index contributed by atoms with van der Waals surface area (Å²) in [5.41, 5.74) is 0.913. The molecule has 1 saturated carbocycles. The highest BCUT2D eigenvalue weighted by molar-refractivity contribution is 5.82. The molecule has 1 amide bonds. The smallest absolute Gasteiger partial charge is 0.335 e. The molecule has 8 nitrogen and oxygen atoms in total. The first-order chi connectivity index (χ1) is 21.7. The van der Waals surface area contributed by atoms with Gasteiger partial charge >= 0.3 is 23.7 Å². The van der Waals surface area contributed by atoms with Gasteiger partial charge in [0.2, 0.25) is 0 Å². The summed E-state index contributed by atoms with van der Waals surface area (Å²) in [6, 6.07) is 22.4. The van der Waals surface area contributed by atoms with Gasteiger partial charge in [-0.05, 0) is 67.8 Å². The number of alkyl halides is 3. The second-order valence-corrected chi connectivity index (χ2v) is 11.1. The molecule has 0 aliphatic heterocycles. The maximum atomic E-state index is 14.2. The maximum Gasteiger partial charge on any atom is 0.416 e. The molecule has 3 aromatic carbocycles. The number of hydrogen-bond donors (Lipinski definition) is 1. The van der Waals surface area contributed by atoms with Crippen molar-refractivity contribution in [1.29, 1.82) is 5.26 Å². The number of nitriles is 1. The molecule has 1 aliphatic rings. The van der Waals surface area contributed by atoms with Crippen LogP contribution in [0.15, 0.2) is 96.1 Å². The number of carbonyl (C=O) groups is 1. The van der Waals surface area contributed by atoms with Crippen LogP contribution in [0.4, 0.5) is 18.0 Å². The van der Waals surface area contributed by atoms with Gasteiger partial charge in [-0.25, -0.2) is 18.7 Å². The van der Waals surface area contributed by atoms with Crippen molar-refractivity contribution in [3.63, 3.8) is 0 Å². The minimum Gasteiger partial charge on any atom is -0.335 e. The molecule has 0 unspecified atom stereocenters. The molecule has 1 aliphatic carbocycles. The molecular weight excluding hydrogens is 581 g/mol. The summed E-state index contributed by atoms with van der Waals surface area (Å²) in [6.45, 7) is 2.01. The van der Waals surface area contributed by atoms with Crippen LogP contribution >= 0.6 is 0 Å². The van der Waals surface area contributed by atoms with Crippen molar-refractivity contribution in [3.05, 3.63) is 124 Å². The number of nitrogens with one attached hydrogen (secondary N) is 1. The van der Waals surface area contributed by atoms with Gasteiger partial charge in [0.25, 0.3) is 0 Å². The largest absolute Gasteiger partial charge is 0.416 e. The Kier molecular flexibility index (Phi) is 7.89. The van der Waals surface area contributed by atoms with E-state index in [1.807, 2.05) is 45.7 Å². The lowest BCUT2D eigenvalue weighted by Crippen LogP contribution is -2.43. The number of hydrogen-bond acceptors (Lipinski definition) is 3. The second kappa shape index (κ2) is 12.0. The standard InChI is InChI=1S/C34H29F3N6O2/c1-23-30(31-40(22-25-8-3-2-4-9-25)18-19-41(31)28-16-14-24(21-38)15-17-28)43(32(44)39-27-11-5-6-12-27)33(45)42(23)29-13-7-10-26(20-29)34(35,36)37/h2-4,7-10,13-20,27H,5-6,11-12,22H2,1H3/p+1. The Morgan fingerprint density at radius 3 is 2.38 bits per heavy atom. The minimum absolute atomic E-state index is 0.00733. The topological polar surface area (TPSA) is 88.6 Å². The van der Waals surface area contributed by atoms with E-state index in [4.69, 9.17) is 0 Å². The predicted octanol–water partition coefficient (Wildman–Crippen LogP) is 6.13. The quantitative estimate of drug-likeness (QED) is 0.234. The lowest BCUT2D eigenvalue weighted by molar-refractivity contribution is -0.676. The van der Waals surface area contributed by atoms with Gasteiger partial charge in [0.1, 0.15) is 24.6 Å². The summed E-state index contributed by atoms with van der Waals surface area (Å²) >= 11 is 0. The number of halogens is 3. The summed E-state index contributed by atoms with van der Waals surface area (Å²) in [5, 5.41) is 12.3. The van der Waals surface area contributed by atoms with Gasteiger partial charge in [-0.1, -0.05) is 49.2 Å². The van der Waals surface area contributed by atoms with E-state index in [0.29, 0.717) is 23.6 Å². The number of amides is 1. The summed E-state index contributed by atoms with van der Waals surface area (Å²) in [7, 11) is 0. The first-order valence-electron chi connectivity index (χ1n) is 14.6. The zero-order valence-electron chi connectivity index (χ0n) is 24.5. The Morgan fingerprint density at radius 2 is 1.71 bits per heavy atom. The monoisotopic (exact) mass is 611 g/mol. The van der Waals surface area contributed by atoms with Crippen molar-refractivity contribution >= 4 is 6.03 Å². The highest BCUT2D eigenvalue weighted by Gasteiger charge is 2.35. The molecule has 2 heterocycles. The van der Waals surface area contributed by atoms with Crippen LogP contribution in [0.3, 0.4) is 0 Å². The number of benzene rings is 3. The number of carbonyl (C=O) groups excluding carboxylic acids is 1. The normalized spacial score (nSPS) is 13.6. The molecule has 228 valence electrons. The fourth-order valence-electron chi connectivity index (χ4n) is 5.98. The molecule has 0 bridgehead atoms. The average Bonchev–Trinajstić information content (AvgIpc) is 3.75. The van der Waals surface area contributed by atoms with Crippen LogP contribution in [0, 0.1) is 18.3 Å². The van der Waals surface area contributed by atoms with E-state index in [9.17, 15) is 28.0 Å². The van der Waals surface area contributed by atoms with Crippen LogP contribution in [0.5, 0.6) is 0 Å². The highest BCUT2D eigenvalue weighted by Crippen LogP contribution is 2.32. The van der Waals surface area contributed by atoms with E-state index in [-0.39, 0.29) is 23.1 Å². The first kappa shape index (κ1) is 29.7. The van der Waals surface area contributed by atoms with E-state index in [1.54, 1.807) is 37.4 Å². The van der Waals surface area contributed by atoms with Crippen molar-refractivity contribution in [2.45, 2.75) is 51.4 Å². The Balaban J connectivity index is 1.62. The molecule has 6 rings (SSSR count). The third kappa shape index (κ3) is 5.79. The molecule has 0 saturated heterocycles. The van der Waals surface area contributed by atoms with Crippen molar-refractivity contribution in [3.8, 4) is 29.0 Å². The summed E-state index contributed by atoms with van der Waals surface area (Å²) in [5.74, 6) is 0.463. The Hall–Kier alpha value is -5.37. The number of nitrogens with zero attached hydrogens (tertiary/aromatic N) is 5. The lowest BCUT2D eigenvalue weighted by Gasteiger charge is -2.13. The van der Waals surface area contributed by atoms with Crippen LogP contribution in [-0.2, 0) is 12.7 Å². The fourth-order valence-corrected chi connectivity index (χ4v) is 5.98. The Labute approximate surface area is 257 Å². The van der Waals surface area contributed by atoms with Gasteiger partial charge in [0.05, 0.1) is 28.6 Å². The third-order valence-electron chi connectivity index (χ3n) is 8.18. The molecule has 0 atom stereocenters. The van der Waals surface area contributed by atoms with Crippen LogP contribution in [-0.4, -0.2) is 25.8 Å². The van der Waals surface area contributed by atoms with E-state index >= 15 is 0 Å². The second-order valence-electron chi connectivity index (χ2n) is 11.1. The summed E-state index contributed by atoms with van der Waals surface area (Å²) in [6.07, 6.45) is 2.46. The van der Waals surface area contributed by atoms with Crippen LogP contribution < -0.4 is 15.6 Å². The zero-order valence-corrected chi connectivity index (χ0v) is 24.5. The highest BCUT2D eigenvalue weighted by atomic mass is 19.4. The minimum atomic E-state index is -4.62. The summed E-state index contributed by atoms with van der Waals surface area (Å²) in [4.78, 5) is 28.2.